The number of ether oxygens (including phenoxy) is 2. The number of nitrogens with one attached hydrogen (secondary N) is 1. The van der Waals surface area contributed by atoms with Crippen molar-refractivity contribution in [1.82, 2.24) is 5.43 Å². The second-order valence-electron chi connectivity index (χ2n) is 7.63. The van der Waals surface area contributed by atoms with Crippen molar-refractivity contribution in [2.24, 2.45) is 5.10 Å². The molecule has 1 N–H and O–H groups in total. The van der Waals surface area contributed by atoms with E-state index >= 15 is 0 Å². The van der Waals surface area contributed by atoms with E-state index < -0.39 is 0 Å². The Bertz CT molecular complexity index is 1310. The van der Waals surface area contributed by atoms with Gasteiger partial charge in [0.15, 0.2) is 11.5 Å². The van der Waals surface area contributed by atoms with E-state index in [-0.39, 0.29) is 12.3 Å². The predicted molar refractivity (Wildman–Crippen MR) is 137 cm³/mol. The summed E-state index contributed by atoms with van der Waals surface area (Å²) in [6.45, 7) is 2.73. The van der Waals surface area contributed by atoms with Crippen LogP contribution in [0.5, 0.6) is 11.5 Å². The Hall–Kier alpha value is -3.83. The molecule has 4 rings (SSSR count). The third kappa shape index (κ3) is 5.94. The van der Waals surface area contributed by atoms with Gasteiger partial charge >= 0.3 is 0 Å². The minimum atomic E-state index is -0.183. The molecule has 0 aromatic heterocycles. The minimum absolute atomic E-state index is 0.183. The summed E-state index contributed by atoms with van der Waals surface area (Å²) < 4.78 is 11.7. The van der Waals surface area contributed by atoms with Gasteiger partial charge in [-0.15, -0.1) is 0 Å². The fraction of sp³-hybridized carbons (Fsp3) is 0.143. The molecule has 0 unspecified atom stereocenters. The quantitative estimate of drug-likeness (QED) is 0.234. The zero-order valence-corrected chi connectivity index (χ0v) is 19.6. The monoisotopic (exact) mass is 472 g/mol. The molecular formula is C28H25ClN2O3. The molecule has 0 bridgehead atoms. The van der Waals surface area contributed by atoms with Crippen molar-refractivity contribution in [3.05, 3.63) is 107 Å². The average molecular weight is 473 g/mol. The van der Waals surface area contributed by atoms with Gasteiger partial charge in [0.2, 0.25) is 5.91 Å². The molecule has 0 aliphatic carbocycles. The standard InChI is InChI=1S/C28H25ClN2O3/c1-2-33-27-16-20(14-15-26(27)34-19-23-9-4-6-13-25(23)29)18-30-31-28(32)17-22-11-7-10-21-8-3-5-12-24(21)22/h3-16,18H,2,17,19H2,1H3,(H,31,32)/b30-18-. The van der Waals surface area contributed by atoms with Crippen molar-refractivity contribution in [1.29, 1.82) is 0 Å². The molecule has 0 heterocycles. The van der Waals surface area contributed by atoms with Gasteiger partial charge in [-0.25, -0.2) is 5.43 Å². The smallest absolute Gasteiger partial charge is 0.244 e. The van der Waals surface area contributed by atoms with Crippen LogP contribution in [0.1, 0.15) is 23.6 Å². The maximum atomic E-state index is 12.4. The Labute approximate surface area is 204 Å². The van der Waals surface area contributed by atoms with Crippen molar-refractivity contribution < 1.29 is 14.3 Å². The van der Waals surface area contributed by atoms with Gasteiger partial charge < -0.3 is 9.47 Å². The second-order valence-corrected chi connectivity index (χ2v) is 8.03. The van der Waals surface area contributed by atoms with Crippen LogP contribution in [0.25, 0.3) is 10.8 Å². The molecule has 1 amide bonds. The number of halogens is 1. The Morgan fingerprint density at radius 2 is 1.68 bits per heavy atom. The largest absolute Gasteiger partial charge is 0.490 e. The number of hydrogen-bond acceptors (Lipinski definition) is 4. The van der Waals surface area contributed by atoms with E-state index in [9.17, 15) is 4.79 Å². The first-order valence-electron chi connectivity index (χ1n) is 11.1. The Kier molecular flexibility index (Phi) is 7.79. The number of hydrazone groups is 1. The van der Waals surface area contributed by atoms with Crippen LogP contribution in [0.3, 0.4) is 0 Å². The highest BCUT2D eigenvalue weighted by Crippen LogP contribution is 2.29. The number of benzene rings is 4. The Balaban J connectivity index is 1.39. The van der Waals surface area contributed by atoms with E-state index in [0.29, 0.717) is 29.7 Å². The van der Waals surface area contributed by atoms with Gasteiger partial charge in [-0.05, 0) is 53.1 Å². The van der Waals surface area contributed by atoms with Gasteiger partial charge in [-0.2, -0.15) is 5.10 Å². The van der Waals surface area contributed by atoms with E-state index in [1.54, 1.807) is 6.21 Å². The van der Waals surface area contributed by atoms with Gasteiger partial charge in [-0.3, -0.25) is 4.79 Å². The lowest BCUT2D eigenvalue weighted by Gasteiger charge is -2.13. The second kappa shape index (κ2) is 11.3. The number of carbonyl (C=O) groups excluding carboxylic acids is 1. The molecule has 6 heteroatoms. The summed E-state index contributed by atoms with van der Waals surface area (Å²) in [6, 6.07) is 27.0. The van der Waals surface area contributed by atoms with E-state index in [1.165, 1.54) is 0 Å². The normalized spacial score (nSPS) is 11.0. The molecule has 4 aromatic rings. The number of amides is 1. The Morgan fingerprint density at radius 3 is 2.53 bits per heavy atom. The van der Waals surface area contributed by atoms with Crippen LogP contribution in [-0.4, -0.2) is 18.7 Å². The molecular weight excluding hydrogens is 448 g/mol. The summed E-state index contributed by atoms with van der Waals surface area (Å²) in [7, 11) is 0. The zero-order chi connectivity index (χ0) is 23.8. The molecule has 0 aliphatic rings. The number of hydrogen-bond donors (Lipinski definition) is 1. The molecule has 0 saturated heterocycles. The van der Waals surface area contributed by atoms with Crippen molar-refractivity contribution in [2.45, 2.75) is 20.0 Å². The number of rotatable bonds is 9. The molecule has 172 valence electrons. The van der Waals surface area contributed by atoms with Crippen LogP contribution in [0.15, 0.2) is 90.0 Å². The summed E-state index contributed by atoms with van der Waals surface area (Å²) in [5.74, 6) is 1.02. The maximum absolute atomic E-state index is 12.4. The van der Waals surface area contributed by atoms with Crippen molar-refractivity contribution in [3.63, 3.8) is 0 Å². The van der Waals surface area contributed by atoms with Crippen LogP contribution in [0.4, 0.5) is 0 Å². The molecule has 4 aromatic carbocycles. The van der Waals surface area contributed by atoms with E-state index in [1.807, 2.05) is 91.9 Å². The summed E-state index contributed by atoms with van der Waals surface area (Å²) in [5, 5.41) is 6.95. The van der Waals surface area contributed by atoms with E-state index in [0.717, 1.165) is 27.5 Å². The third-order valence-electron chi connectivity index (χ3n) is 5.24. The lowest BCUT2D eigenvalue weighted by molar-refractivity contribution is -0.120. The first-order valence-corrected chi connectivity index (χ1v) is 11.4. The first kappa shape index (κ1) is 23.3. The molecule has 0 aliphatic heterocycles. The van der Waals surface area contributed by atoms with Crippen LogP contribution in [-0.2, 0) is 17.8 Å². The van der Waals surface area contributed by atoms with E-state index in [2.05, 4.69) is 10.5 Å². The summed E-state index contributed by atoms with van der Waals surface area (Å²) in [5.41, 5.74) is 5.24. The van der Waals surface area contributed by atoms with Crippen LogP contribution < -0.4 is 14.9 Å². The summed E-state index contributed by atoms with van der Waals surface area (Å²) in [6.07, 6.45) is 1.83. The highest BCUT2D eigenvalue weighted by Gasteiger charge is 2.09. The van der Waals surface area contributed by atoms with Crippen molar-refractivity contribution >= 4 is 34.5 Å². The molecule has 0 fully saturated rings. The van der Waals surface area contributed by atoms with Gasteiger partial charge in [0.05, 0.1) is 19.2 Å². The molecule has 0 spiro atoms. The van der Waals surface area contributed by atoms with Crippen LogP contribution >= 0.6 is 11.6 Å². The highest BCUT2D eigenvalue weighted by molar-refractivity contribution is 6.31. The lowest BCUT2D eigenvalue weighted by atomic mass is 10.0. The third-order valence-corrected chi connectivity index (χ3v) is 5.61. The first-order chi connectivity index (χ1) is 16.6. The fourth-order valence-corrected chi connectivity index (χ4v) is 3.79. The highest BCUT2D eigenvalue weighted by atomic mass is 35.5. The van der Waals surface area contributed by atoms with Crippen molar-refractivity contribution in [3.8, 4) is 11.5 Å². The molecule has 0 atom stereocenters. The number of carbonyl (C=O) groups is 1. The molecule has 34 heavy (non-hydrogen) atoms. The minimum Gasteiger partial charge on any atom is -0.490 e. The van der Waals surface area contributed by atoms with Gasteiger partial charge in [0, 0.05) is 10.6 Å². The lowest BCUT2D eigenvalue weighted by Crippen LogP contribution is -2.19. The zero-order valence-electron chi connectivity index (χ0n) is 18.8. The maximum Gasteiger partial charge on any atom is 0.244 e. The SMILES string of the molecule is CCOc1cc(/C=N\NC(=O)Cc2cccc3ccccc23)ccc1OCc1ccccc1Cl. The molecule has 0 saturated carbocycles. The van der Waals surface area contributed by atoms with Crippen LogP contribution in [0.2, 0.25) is 5.02 Å². The van der Waals surface area contributed by atoms with Crippen LogP contribution in [0, 0.1) is 0 Å². The fourth-order valence-electron chi connectivity index (χ4n) is 3.60. The summed E-state index contributed by atoms with van der Waals surface area (Å²) >= 11 is 6.22. The van der Waals surface area contributed by atoms with Gasteiger partial charge in [0.25, 0.3) is 0 Å². The van der Waals surface area contributed by atoms with Crippen molar-refractivity contribution in [2.75, 3.05) is 6.61 Å². The van der Waals surface area contributed by atoms with Gasteiger partial charge in [-0.1, -0.05) is 72.3 Å². The molecule has 5 nitrogen and oxygen atoms in total. The summed E-state index contributed by atoms with van der Waals surface area (Å²) in [4.78, 5) is 12.4. The predicted octanol–water partition coefficient (Wildman–Crippen LogP) is 6.16. The Morgan fingerprint density at radius 1 is 0.912 bits per heavy atom. The topological polar surface area (TPSA) is 59.9 Å². The number of nitrogens with zero attached hydrogens (tertiary/aromatic N) is 1. The van der Waals surface area contributed by atoms with E-state index in [4.69, 9.17) is 21.1 Å². The average Bonchev–Trinajstić information content (AvgIpc) is 2.85. The molecule has 0 radical (unpaired) electrons. The number of fused-ring (bicyclic) bond motifs is 1. The van der Waals surface area contributed by atoms with Gasteiger partial charge in [0.1, 0.15) is 6.61 Å².